The lowest BCUT2D eigenvalue weighted by molar-refractivity contribution is -0.115. The summed E-state index contributed by atoms with van der Waals surface area (Å²) in [5, 5.41) is 17.5. The van der Waals surface area contributed by atoms with Crippen molar-refractivity contribution in [1.29, 1.82) is 0 Å². The molecule has 0 bridgehead atoms. The molecule has 5 rings (SSSR count). The van der Waals surface area contributed by atoms with Gasteiger partial charge in [-0.25, -0.2) is 9.49 Å². The Balaban J connectivity index is 1.60. The molecule has 1 unspecified atom stereocenters. The van der Waals surface area contributed by atoms with Crippen LogP contribution in [0.2, 0.25) is 0 Å². The molecular weight excluding hydrogens is 457 g/mol. The Bertz CT molecular complexity index is 1310. The van der Waals surface area contributed by atoms with Crippen molar-refractivity contribution in [2.24, 2.45) is 5.92 Å². The number of nitrogens with zero attached hydrogens (tertiary/aromatic N) is 3. The van der Waals surface area contributed by atoms with Gasteiger partial charge in [0.25, 0.3) is 0 Å². The Labute approximate surface area is 209 Å². The number of ether oxygens (including phenoxy) is 1. The maximum atomic E-state index is 14.0. The van der Waals surface area contributed by atoms with Gasteiger partial charge in [-0.2, -0.15) is 0 Å². The highest BCUT2D eigenvalue weighted by Crippen LogP contribution is 2.51. The van der Waals surface area contributed by atoms with Crippen molar-refractivity contribution in [3.8, 4) is 28.3 Å². The van der Waals surface area contributed by atoms with Gasteiger partial charge in [-0.1, -0.05) is 36.4 Å². The van der Waals surface area contributed by atoms with Gasteiger partial charge in [0.1, 0.15) is 11.6 Å². The standard InChI is InChI=1S/C28H30FN5O2/c1-3-7-19(17(2)29)16-26(35)30-25-15-20(22-8-4-5-9-23(22)28-31-33-34-32-28)14-24-21(18-11-12-18)10-6-13-36-27(24)25/h3-5,7-9,14-15,18,21H,6,10-13,16H2,1-2H3,(H,30,35)(H,31,32,33,34)/b7-3-,19-17-. The molecule has 1 fully saturated rings. The molecule has 0 spiro atoms. The van der Waals surface area contributed by atoms with Crippen LogP contribution >= 0.6 is 0 Å². The number of benzene rings is 2. The summed E-state index contributed by atoms with van der Waals surface area (Å²) in [4.78, 5) is 13.1. The first-order chi connectivity index (χ1) is 17.5. The van der Waals surface area contributed by atoms with E-state index in [1.54, 1.807) is 19.1 Å². The summed E-state index contributed by atoms with van der Waals surface area (Å²) in [5.41, 5.74) is 4.85. The number of allylic oxidation sites excluding steroid dienone is 3. The molecule has 0 saturated heterocycles. The fraction of sp³-hybridized carbons (Fsp3) is 0.357. The van der Waals surface area contributed by atoms with Crippen LogP contribution in [0.3, 0.4) is 0 Å². The molecule has 1 atom stereocenters. The molecule has 2 aliphatic rings. The SMILES string of the molecule is C/C=C\C(CC(=O)Nc1cc(-c2ccccc2-c2nnn[nH]2)cc2c1OCCCC2C1CC1)=C(/C)F. The molecule has 1 aromatic heterocycles. The van der Waals surface area contributed by atoms with Crippen LogP contribution < -0.4 is 10.1 Å². The summed E-state index contributed by atoms with van der Waals surface area (Å²) in [5.74, 6) is 1.66. The van der Waals surface area contributed by atoms with Crippen molar-refractivity contribution in [3.63, 3.8) is 0 Å². The summed E-state index contributed by atoms with van der Waals surface area (Å²) in [6.45, 7) is 3.78. The predicted octanol–water partition coefficient (Wildman–Crippen LogP) is 6.35. The Morgan fingerprint density at radius 1 is 1.22 bits per heavy atom. The maximum absolute atomic E-state index is 14.0. The van der Waals surface area contributed by atoms with Gasteiger partial charge in [0.15, 0.2) is 5.82 Å². The lowest BCUT2D eigenvalue weighted by atomic mass is 9.86. The summed E-state index contributed by atoms with van der Waals surface area (Å²) in [6, 6.07) is 12.0. The van der Waals surface area contributed by atoms with E-state index in [4.69, 9.17) is 4.74 Å². The Kier molecular flexibility index (Phi) is 6.93. The smallest absolute Gasteiger partial charge is 0.228 e. The van der Waals surface area contributed by atoms with Gasteiger partial charge >= 0.3 is 0 Å². The van der Waals surface area contributed by atoms with Crippen LogP contribution in [-0.2, 0) is 4.79 Å². The molecule has 0 radical (unpaired) electrons. The van der Waals surface area contributed by atoms with Gasteiger partial charge < -0.3 is 10.1 Å². The second kappa shape index (κ2) is 10.4. The summed E-state index contributed by atoms with van der Waals surface area (Å²) in [7, 11) is 0. The van der Waals surface area contributed by atoms with Crippen LogP contribution in [0.15, 0.2) is 60.0 Å². The van der Waals surface area contributed by atoms with Crippen LogP contribution in [0.1, 0.15) is 57.4 Å². The van der Waals surface area contributed by atoms with E-state index in [0.29, 0.717) is 35.5 Å². The summed E-state index contributed by atoms with van der Waals surface area (Å²) in [6.07, 6.45) is 7.75. The zero-order chi connectivity index (χ0) is 25.1. The highest BCUT2D eigenvalue weighted by atomic mass is 19.1. The van der Waals surface area contributed by atoms with E-state index in [0.717, 1.165) is 40.8 Å². The number of hydrogen-bond acceptors (Lipinski definition) is 5. The highest BCUT2D eigenvalue weighted by molar-refractivity contribution is 5.96. The highest BCUT2D eigenvalue weighted by Gasteiger charge is 2.36. The van der Waals surface area contributed by atoms with Crippen LogP contribution in [0, 0.1) is 5.92 Å². The molecule has 8 heteroatoms. The maximum Gasteiger partial charge on any atom is 0.228 e. The largest absolute Gasteiger partial charge is 0.491 e. The minimum Gasteiger partial charge on any atom is -0.491 e. The van der Waals surface area contributed by atoms with E-state index < -0.39 is 0 Å². The number of rotatable bonds is 7. The second-order valence-electron chi connectivity index (χ2n) is 9.46. The minimum absolute atomic E-state index is 0.0575. The molecule has 2 N–H and O–H groups in total. The number of hydrogen-bond donors (Lipinski definition) is 2. The molecule has 1 saturated carbocycles. The lowest BCUT2D eigenvalue weighted by Crippen LogP contribution is -2.14. The van der Waals surface area contributed by atoms with E-state index in [-0.39, 0.29) is 18.2 Å². The van der Waals surface area contributed by atoms with Crippen molar-refractivity contribution >= 4 is 11.6 Å². The number of aromatic nitrogens is 4. The molecule has 2 aromatic carbocycles. The number of anilines is 1. The van der Waals surface area contributed by atoms with Crippen molar-refractivity contribution in [2.45, 2.75) is 51.9 Å². The van der Waals surface area contributed by atoms with Gasteiger partial charge in [0.05, 0.1) is 18.7 Å². The molecule has 186 valence electrons. The molecule has 3 aromatic rings. The Morgan fingerprint density at radius 3 is 2.72 bits per heavy atom. The monoisotopic (exact) mass is 487 g/mol. The van der Waals surface area contributed by atoms with Crippen molar-refractivity contribution in [1.82, 2.24) is 20.6 Å². The number of carbonyl (C=O) groups is 1. The molecule has 1 aliphatic carbocycles. The Morgan fingerprint density at radius 2 is 2.03 bits per heavy atom. The number of tetrazole rings is 1. The zero-order valence-electron chi connectivity index (χ0n) is 20.6. The average molecular weight is 488 g/mol. The molecule has 2 heterocycles. The molecule has 1 aliphatic heterocycles. The van der Waals surface area contributed by atoms with E-state index in [9.17, 15) is 9.18 Å². The topological polar surface area (TPSA) is 92.8 Å². The van der Waals surface area contributed by atoms with Crippen LogP contribution in [0.25, 0.3) is 22.5 Å². The Hall–Kier alpha value is -3.81. The van der Waals surface area contributed by atoms with Crippen LogP contribution in [0.5, 0.6) is 5.75 Å². The third-order valence-electron chi connectivity index (χ3n) is 6.89. The van der Waals surface area contributed by atoms with Crippen molar-refractivity contribution in [3.05, 3.63) is 65.5 Å². The normalized spacial score (nSPS) is 18.2. The van der Waals surface area contributed by atoms with Gasteiger partial charge in [0, 0.05) is 11.1 Å². The number of fused-ring (bicyclic) bond motifs is 1. The van der Waals surface area contributed by atoms with E-state index in [1.807, 2.05) is 30.3 Å². The fourth-order valence-corrected chi connectivity index (χ4v) is 5.04. The van der Waals surface area contributed by atoms with Crippen molar-refractivity contribution in [2.75, 3.05) is 11.9 Å². The molecule has 1 amide bonds. The summed E-state index contributed by atoms with van der Waals surface area (Å²) >= 11 is 0. The van der Waals surface area contributed by atoms with Gasteiger partial charge in [-0.05, 0) is 90.6 Å². The lowest BCUT2D eigenvalue weighted by Gasteiger charge is -2.21. The third-order valence-corrected chi connectivity index (χ3v) is 6.89. The first kappa shape index (κ1) is 23.9. The number of aromatic amines is 1. The van der Waals surface area contributed by atoms with E-state index >= 15 is 0 Å². The molecule has 36 heavy (non-hydrogen) atoms. The third kappa shape index (κ3) is 5.08. The molecular formula is C28H30FN5O2. The fourth-order valence-electron chi connectivity index (χ4n) is 5.04. The predicted molar refractivity (Wildman–Crippen MR) is 137 cm³/mol. The van der Waals surface area contributed by atoms with E-state index in [1.165, 1.54) is 19.8 Å². The number of carbonyl (C=O) groups excluding carboxylic acids is 1. The zero-order valence-corrected chi connectivity index (χ0v) is 20.6. The van der Waals surface area contributed by atoms with Gasteiger partial charge in [-0.15, -0.1) is 5.10 Å². The van der Waals surface area contributed by atoms with Gasteiger partial charge in [-0.3, -0.25) is 4.79 Å². The number of H-pyrrole nitrogens is 1. The van der Waals surface area contributed by atoms with Crippen LogP contribution in [0.4, 0.5) is 10.1 Å². The number of halogens is 1. The first-order valence-corrected chi connectivity index (χ1v) is 12.5. The van der Waals surface area contributed by atoms with Crippen molar-refractivity contribution < 1.29 is 13.9 Å². The van der Waals surface area contributed by atoms with Gasteiger partial charge in [0.2, 0.25) is 5.91 Å². The number of nitrogens with one attached hydrogen (secondary N) is 2. The second-order valence-corrected chi connectivity index (χ2v) is 9.46. The van der Waals surface area contributed by atoms with E-state index in [2.05, 4.69) is 32.0 Å². The molecule has 7 nitrogen and oxygen atoms in total. The minimum atomic E-state index is -0.365. The number of amides is 1. The average Bonchev–Trinajstić information content (AvgIpc) is 3.61. The quantitative estimate of drug-likeness (QED) is 0.379. The van der Waals surface area contributed by atoms with Crippen LogP contribution in [-0.4, -0.2) is 33.1 Å². The summed E-state index contributed by atoms with van der Waals surface area (Å²) < 4.78 is 20.2. The first-order valence-electron chi connectivity index (χ1n) is 12.5.